The van der Waals surface area contributed by atoms with Crippen molar-refractivity contribution in [2.24, 2.45) is 0 Å². The molecule has 1 aromatic rings. The summed E-state index contributed by atoms with van der Waals surface area (Å²) in [6, 6.07) is 10.5. The highest BCUT2D eigenvalue weighted by Gasteiger charge is 2.26. The molecule has 0 unspecified atom stereocenters. The highest BCUT2D eigenvalue weighted by Crippen LogP contribution is 2.46. The molecule has 0 aliphatic carbocycles. The zero-order chi connectivity index (χ0) is 12.1. The van der Waals surface area contributed by atoms with E-state index in [1.54, 1.807) is 0 Å². The van der Waals surface area contributed by atoms with Gasteiger partial charge in [0.15, 0.2) is 0 Å². The summed E-state index contributed by atoms with van der Waals surface area (Å²) in [6.07, 6.45) is 5.98. The van der Waals surface area contributed by atoms with Gasteiger partial charge in [0.2, 0.25) is 0 Å². The minimum absolute atomic E-state index is 0.0764. The molecule has 0 amide bonds. The second-order valence-electron chi connectivity index (χ2n) is 3.99. The van der Waals surface area contributed by atoms with Crippen LogP contribution in [0.5, 0.6) is 0 Å². The number of rotatable bonds is 4. The van der Waals surface area contributed by atoms with Gasteiger partial charge in [-0.15, -0.1) is 0 Å². The fourth-order valence-electron chi connectivity index (χ4n) is 2.06. The van der Waals surface area contributed by atoms with E-state index in [9.17, 15) is 4.79 Å². The Bertz CT molecular complexity index is 400. The molecule has 3 heteroatoms. The summed E-state index contributed by atoms with van der Waals surface area (Å²) in [7, 11) is -0.259. The second kappa shape index (κ2) is 5.97. The Morgan fingerprint density at radius 3 is 2.88 bits per heavy atom. The van der Waals surface area contributed by atoms with Crippen LogP contribution in [0.15, 0.2) is 42.5 Å². The lowest BCUT2D eigenvalue weighted by atomic mass is 10.3. The SMILES string of the molecule is CCOC(=O)C[C@H]1C=CC[P@@]1c1ccccc1. The first kappa shape index (κ1) is 12.3. The fraction of sp³-hybridized carbons (Fsp3) is 0.357. The number of ether oxygens (including phenoxy) is 1. The molecule has 0 radical (unpaired) electrons. The molecular formula is C14H17O2P. The number of hydrogen-bond acceptors (Lipinski definition) is 2. The first-order chi connectivity index (χ1) is 8.31. The Hall–Kier alpha value is -1.14. The van der Waals surface area contributed by atoms with Crippen LogP contribution in [-0.2, 0) is 9.53 Å². The molecule has 0 N–H and O–H groups in total. The number of carbonyl (C=O) groups is 1. The second-order valence-corrected chi connectivity index (χ2v) is 6.48. The zero-order valence-electron chi connectivity index (χ0n) is 10.0. The number of esters is 1. The Kier molecular flexibility index (Phi) is 4.33. The van der Waals surface area contributed by atoms with Crippen LogP contribution >= 0.6 is 7.92 Å². The standard InChI is InChI=1S/C14H17O2P/c1-2-16-14(15)11-13-9-6-10-17(13)12-7-4-3-5-8-12/h3-9,13H,2,10-11H2,1H3/t13-,17+/m1/s1. The molecule has 1 aliphatic rings. The van der Waals surface area contributed by atoms with E-state index in [0.717, 1.165) is 6.16 Å². The lowest BCUT2D eigenvalue weighted by molar-refractivity contribution is -0.142. The van der Waals surface area contributed by atoms with Crippen molar-refractivity contribution in [1.29, 1.82) is 0 Å². The molecule has 1 aliphatic heterocycles. The van der Waals surface area contributed by atoms with E-state index < -0.39 is 0 Å². The largest absolute Gasteiger partial charge is 0.466 e. The molecule has 0 aromatic heterocycles. The van der Waals surface area contributed by atoms with Gasteiger partial charge in [0, 0.05) is 5.66 Å². The van der Waals surface area contributed by atoms with Crippen LogP contribution in [0.1, 0.15) is 13.3 Å². The van der Waals surface area contributed by atoms with Crippen molar-refractivity contribution in [2.45, 2.75) is 19.0 Å². The Morgan fingerprint density at radius 2 is 2.18 bits per heavy atom. The molecule has 0 bridgehead atoms. The molecule has 90 valence electrons. The number of allylic oxidation sites excluding steroid dienone is 2. The molecule has 1 aromatic carbocycles. The lowest BCUT2D eigenvalue weighted by Crippen LogP contribution is -2.16. The zero-order valence-corrected chi connectivity index (χ0v) is 10.9. The number of carbonyl (C=O) groups excluding carboxylic acids is 1. The average molecular weight is 248 g/mol. The van der Waals surface area contributed by atoms with E-state index >= 15 is 0 Å². The van der Waals surface area contributed by atoms with Crippen molar-refractivity contribution in [3.8, 4) is 0 Å². The molecule has 0 fully saturated rings. The summed E-state index contributed by atoms with van der Waals surface area (Å²) < 4.78 is 5.03. The van der Waals surface area contributed by atoms with E-state index in [2.05, 4.69) is 36.4 Å². The van der Waals surface area contributed by atoms with Crippen LogP contribution in [-0.4, -0.2) is 24.4 Å². The van der Waals surface area contributed by atoms with Gasteiger partial charge in [0.25, 0.3) is 0 Å². The van der Waals surface area contributed by atoms with Crippen molar-refractivity contribution < 1.29 is 9.53 Å². The first-order valence-electron chi connectivity index (χ1n) is 5.95. The van der Waals surface area contributed by atoms with Gasteiger partial charge in [-0.25, -0.2) is 0 Å². The molecule has 1 heterocycles. The maximum absolute atomic E-state index is 11.5. The van der Waals surface area contributed by atoms with Crippen LogP contribution in [0.25, 0.3) is 0 Å². The van der Waals surface area contributed by atoms with Gasteiger partial charge in [0.1, 0.15) is 0 Å². The summed E-state index contributed by atoms with van der Waals surface area (Å²) in [5.41, 5.74) is 0.353. The third-order valence-corrected chi connectivity index (χ3v) is 5.55. The van der Waals surface area contributed by atoms with Crippen molar-refractivity contribution in [3.63, 3.8) is 0 Å². The normalized spacial score (nSPS) is 22.6. The van der Waals surface area contributed by atoms with Gasteiger partial charge in [-0.2, -0.15) is 0 Å². The first-order valence-corrected chi connectivity index (χ1v) is 7.55. The van der Waals surface area contributed by atoms with Crippen LogP contribution in [0, 0.1) is 0 Å². The van der Waals surface area contributed by atoms with Crippen LogP contribution < -0.4 is 5.30 Å². The highest BCUT2D eigenvalue weighted by atomic mass is 31.1. The third-order valence-electron chi connectivity index (χ3n) is 2.83. The summed E-state index contributed by atoms with van der Waals surface area (Å²) in [5, 5.41) is 1.38. The Labute approximate surface area is 103 Å². The highest BCUT2D eigenvalue weighted by molar-refractivity contribution is 7.67. The average Bonchev–Trinajstić information content (AvgIpc) is 2.78. The Balaban J connectivity index is 2.02. The lowest BCUT2D eigenvalue weighted by Gasteiger charge is -2.19. The third kappa shape index (κ3) is 3.17. The van der Waals surface area contributed by atoms with Crippen LogP contribution in [0.4, 0.5) is 0 Å². The van der Waals surface area contributed by atoms with Gasteiger partial charge in [-0.1, -0.05) is 50.4 Å². The van der Waals surface area contributed by atoms with Crippen molar-refractivity contribution >= 4 is 19.2 Å². The number of hydrogen-bond donors (Lipinski definition) is 0. The van der Waals surface area contributed by atoms with Gasteiger partial charge >= 0.3 is 5.97 Å². The minimum atomic E-state index is -0.259. The van der Waals surface area contributed by atoms with Crippen LogP contribution in [0.2, 0.25) is 0 Å². The molecule has 17 heavy (non-hydrogen) atoms. The van der Waals surface area contributed by atoms with Gasteiger partial charge in [-0.3, -0.25) is 4.79 Å². The minimum Gasteiger partial charge on any atom is -0.466 e. The Morgan fingerprint density at radius 1 is 1.41 bits per heavy atom. The molecule has 0 saturated carbocycles. The molecule has 2 nitrogen and oxygen atoms in total. The maximum atomic E-state index is 11.5. The smallest absolute Gasteiger partial charge is 0.306 e. The van der Waals surface area contributed by atoms with Gasteiger partial charge in [0.05, 0.1) is 13.0 Å². The van der Waals surface area contributed by atoms with E-state index in [4.69, 9.17) is 4.74 Å². The summed E-state index contributed by atoms with van der Waals surface area (Å²) in [5.74, 6) is -0.0764. The molecule has 0 spiro atoms. The van der Waals surface area contributed by atoms with E-state index in [-0.39, 0.29) is 13.9 Å². The van der Waals surface area contributed by atoms with E-state index in [1.807, 2.05) is 13.0 Å². The molecule has 0 saturated heterocycles. The monoisotopic (exact) mass is 248 g/mol. The van der Waals surface area contributed by atoms with Gasteiger partial charge < -0.3 is 4.74 Å². The van der Waals surface area contributed by atoms with Crippen molar-refractivity contribution in [3.05, 3.63) is 42.5 Å². The molecule has 2 atom stereocenters. The fourth-order valence-corrected chi connectivity index (χ4v) is 4.52. The van der Waals surface area contributed by atoms with Crippen LogP contribution in [0.3, 0.4) is 0 Å². The maximum Gasteiger partial charge on any atom is 0.306 e. The molecule has 2 rings (SSSR count). The summed E-state index contributed by atoms with van der Waals surface area (Å²) in [4.78, 5) is 11.5. The summed E-state index contributed by atoms with van der Waals surface area (Å²) >= 11 is 0. The number of benzene rings is 1. The van der Waals surface area contributed by atoms with Gasteiger partial charge in [-0.05, 0) is 18.4 Å². The predicted octanol–water partition coefficient (Wildman–Crippen LogP) is 2.69. The van der Waals surface area contributed by atoms with Crippen molar-refractivity contribution in [2.75, 3.05) is 12.8 Å². The summed E-state index contributed by atoms with van der Waals surface area (Å²) in [6.45, 7) is 2.32. The topological polar surface area (TPSA) is 26.3 Å². The van der Waals surface area contributed by atoms with E-state index in [0.29, 0.717) is 18.7 Å². The van der Waals surface area contributed by atoms with Crippen molar-refractivity contribution in [1.82, 2.24) is 0 Å². The molecular weight excluding hydrogens is 231 g/mol. The van der Waals surface area contributed by atoms with E-state index in [1.165, 1.54) is 5.30 Å². The predicted molar refractivity (Wildman–Crippen MR) is 72.0 cm³/mol. The quantitative estimate of drug-likeness (QED) is 0.465.